The van der Waals surface area contributed by atoms with Gasteiger partial charge in [-0.15, -0.1) is 0 Å². The van der Waals surface area contributed by atoms with Crippen molar-refractivity contribution < 1.29 is 10.2 Å². The molecule has 0 saturated heterocycles. The molecule has 0 radical (unpaired) electrons. The fourth-order valence-electron chi connectivity index (χ4n) is 1.99. The minimum Gasteiger partial charge on any atom is -0.508 e. The Bertz CT molecular complexity index is 317. The summed E-state index contributed by atoms with van der Waals surface area (Å²) >= 11 is 0. The predicted octanol–water partition coefficient (Wildman–Crippen LogP) is 0.817. The molecule has 1 saturated carbocycles. The first-order valence-electron chi connectivity index (χ1n) is 4.82. The Morgan fingerprint density at radius 1 is 1.36 bits per heavy atom. The molecule has 1 aromatic carbocycles. The van der Waals surface area contributed by atoms with Crippen LogP contribution in [-0.4, -0.2) is 23.4 Å². The Balaban J connectivity index is 2.16. The van der Waals surface area contributed by atoms with Gasteiger partial charge >= 0.3 is 0 Å². The van der Waals surface area contributed by atoms with E-state index in [0.29, 0.717) is 12.5 Å². The van der Waals surface area contributed by atoms with Crippen molar-refractivity contribution in [1.29, 1.82) is 0 Å². The lowest BCUT2D eigenvalue weighted by Gasteiger charge is -2.10. The normalized spacial score (nSPS) is 30.3. The molecule has 1 fully saturated rings. The summed E-state index contributed by atoms with van der Waals surface area (Å²) in [5.74, 6) is 0.634. The summed E-state index contributed by atoms with van der Waals surface area (Å²) in [5, 5.41) is 18.3. The van der Waals surface area contributed by atoms with Gasteiger partial charge in [0, 0.05) is 12.0 Å². The number of hydrogen-bond acceptors (Lipinski definition) is 3. The Labute approximate surface area is 83.2 Å². The molecule has 14 heavy (non-hydrogen) atoms. The van der Waals surface area contributed by atoms with E-state index in [1.165, 1.54) is 0 Å². The van der Waals surface area contributed by atoms with E-state index in [-0.39, 0.29) is 17.8 Å². The maximum absolute atomic E-state index is 9.21. The number of aromatic hydroxyl groups is 1. The number of hydrogen-bond donors (Lipinski definition) is 3. The van der Waals surface area contributed by atoms with Crippen molar-refractivity contribution in [2.45, 2.75) is 12.3 Å². The second-order valence-electron chi connectivity index (χ2n) is 4.07. The molecule has 0 heterocycles. The van der Waals surface area contributed by atoms with Gasteiger partial charge in [0.1, 0.15) is 5.75 Å². The topological polar surface area (TPSA) is 66.5 Å². The maximum atomic E-state index is 9.21. The molecule has 0 aromatic heterocycles. The van der Waals surface area contributed by atoms with Gasteiger partial charge in [-0.05, 0) is 30.0 Å². The van der Waals surface area contributed by atoms with Crippen molar-refractivity contribution in [3.8, 4) is 5.75 Å². The van der Waals surface area contributed by atoms with Gasteiger partial charge in [-0.2, -0.15) is 0 Å². The fourth-order valence-corrected chi connectivity index (χ4v) is 1.99. The second-order valence-corrected chi connectivity index (χ2v) is 4.07. The smallest absolute Gasteiger partial charge is 0.115 e. The van der Waals surface area contributed by atoms with Crippen LogP contribution in [0.4, 0.5) is 0 Å². The molecule has 2 rings (SSSR count). The standard InChI is InChI=1S/C11H15NO2/c12-6-11(7-13)5-10(11)8-1-3-9(14)4-2-8/h1-4,10,13-14H,5-7,12H2. The highest BCUT2D eigenvalue weighted by molar-refractivity contribution is 5.34. The average molecular weight is 193 g/mol. The molecule has 1 aromatic rings. The quantitative estimate of drug-likeness (QED) is 0.665. The summed E-state index contributed by atoms with van der Waals surface area (Å²) in [4.78, 5) is 0. The van der Waals surface area contributed by atoms with Crippen molar-refractivity contribution in [1.82, 2.24) is 0 Å². The highest BCUT2D eigenvalue weighted by Crippen LogP contribution is 2.58. The number of phenolic OH excluding ortho intramolecular Hbond substituents is 1. The SMILES string of the molecule is NCC1(CO)CC1c1ccc(O)cc1. The van der Waals surface area contributed by atoms with Gasteiger partial charge in [-0.3, -0.25) is 0 Å². The molecule has 0 amide bonds. The minimum absolute atomic E-state index is 0.100. The average Bonchev–Trinajstić information content (AvgIpc) is 2.94. The number of phenols is 1. The van der Waals surface area contributed by atoms with E-state index in [1.54, 1.807) is 12.1 Å². The van der Waals surface area contributed by atoms with E-state index >= 15 is 0 Å². The molecule has 3 heteroatoms. The van der Waals surface area contributed by atoms with Gasteiger partial charge in [-0.25, -0.2) is 0 Å². The number of benzene rings is 1. The largest absolute Gasteiger partial charge is 0.508 e. The van der Waals surface area contributed by atoms with E-state index in [2.05, 4.69) is 0 Å². The minimum atomic E-state index is -0.100. The highest BCUT2D eigenvalue weighted by Gasteiger charge is 2.53. The number of rotatable bonds is 3. The summed E-state index contributed by atoms with van der Waals surface area (Å²) in [7, 11) is 0. The van der Waals surface area contributed by atoms with Gasteiger partial charge in [0.15, 0.2) is 0 Å². The van der Waals surface area contributed by atoms with Gasteiger partial charge in [-0.1, -0.05) is 12.1 Å². The maximum Gasteiger partial charge on any atom is 0.115 e. The molecule has 0 aliphatic heterocycles. The van der Waals surface area contributed by atoms with Crippen LogP contribution in [0, 0.1) is 5.41 Å². The van der Waals surface area contributed by atoms with Crippen LogP contribution in [0.25, 0.3) is 0 Å². The third-order valence-electron chi connectivity index (χ3n) is 3.21. The molecule has 2 unspecified atom stereocenters. The monoisotopic (exact) mass is 193 g/mol. The van der Waals surface area contributed by atoms with Crippen LogP contribution in [0.3, 0.4) is 0 Å². The number of aliphatic hydroxyl groups is 1. The van der Waals surface area contributed by atoms with Crippen molar-refractivity contribution in [2.24, 2.45) is 11.1 Å². The number of aliphatic hydroxyl groups excluding tert-OH is 1. The van der Waals surface area contributed by atoms with Gasteiger partial charge in [0.05, 0.1) is 6.61 Å². The first-order valence-corrected chi connectivity index (χ1v) is 4.82. The van der Waals surface area contributed by atoms with Crippen LogP contribution < -0.4 is 5.73 Å². The highest BCUT2D eigenvalue weighted by atomic mass is 16.3. The molecule has 0 spiro atoms. The van der Waals surface area contributed by atoms with E-state index in [9.17, 15) is 5.11 Å². The third kappa shape index (κ3) is 1.38. The summed E-state index contributed by atoms with van der Waals surface area (Å²) in [6.45, 7) is 0.671. The fraction of sp³-hybridized carbons (Fsp3) is 0.455. The summed E-state index contributed by atoms with van der Waals surface area (Å²) in [6, 6.07) is 7.14. The number of nitrogens with two attached hydrogens (primary N) is 1. The summed E-state index contributed by atoms with van der Waals surface area (Å²) < 4.78 is 0. The van der Waals surface area contributed by atoms with Gasteiger partial charge < -0.3 is 15.9 Å². The molecular formula is C11H15NO2. The van der Waals surface area contributed by atoms with E-state index in [1.807, 2.05) is 12.1 Å². The second kappa shape index (κ2) is 3.26. The first kappa shape index (κ1) is 9.49. The van der Waals surface area contributed by atoms with Crippen molar-refractivity contribution >= 4 is 0 Å². The van der Waals surface area contributed by atoms with Crippen LogP contribution in [0.5, 0.6) is 5.75 Å². The van der Waals surface area contributed by atoms with Crippen LogP contribution >= 0.6 is 0 Å². The first-order chi connectivity index (χ1) is 6.72. The summed E-state index contributed by atoms with van der Waals surface area (Å²) in [5.41, 5.74) is 6.68. The Morgan fingerprint density at radius 2 is 2.00 bits per heavy atom. The Hall–Kier alpha value is -1.06. The molecule has 2 atom stereocenters. The molecule has 1 aliphatic rings. The van der Waals surface area contributed by atoms with Gasteiger partial charge in [0.25, 0.3) is 0 Å². The van der Waals surface area contributed by atoms with Crippen LogP contribution in [0.15, 0.2) is 24.3 Å². The third-order valence-corrected chi connectivity index (χ3v) is 3.21. The van der Waals surface area contributed by atoms with Crippen molar-refractivity contribution in [3.05, 3.63) is 29.8 Å². The predicted molar refractivity (Wildman–Crippen MR) is 54.0 cm³/mol. The molecular weight excluding hydrogens is 178 g/mol. The van der Waals surface area contributed by atoms with Crippen LogP contribution in [0.1, 0.15) is 17.9 Å². The van der Waals surface area contributed by atoms with Crippen LogP contribution in [-0.2, 0) is 0 Å². The molecule has 3 nitrogen and oxygen atoms in total. The van der Waals surface area contributed by atoms with E-state index < -0.39 is 0 Å². The van der Waals surface area contributed by atoms with E-state index in [0.717, 1.165) is 12.0 Å². The molecule has 0 bridgehead atoms. The van der Waals surface area contributed by atoms with Crippen molar-refractivity contribution in [2.75, 3.05) is 13.2 Å². The lowest BCUT2D eigenvalue weighted by molar-refractivity contribution is 0.211. The van der Waals surface area contributed by atoms with Crippen molar-refractivity contribution in [3.63, 3.8) is 0 Å². The van der Waals surface area contributed by atoms with Crippen LogP contribution in [0.2, 0.25) is 0 Å². The Kier molecular flexibility index (Phi) is 2.21. The zero-order valence-corrected chi connectivity index (χ0v) is 7.98. The molecule has 76 valence electrons. The zero-order valence-electron chi connectivity index (χ0n) is 7.98. The lowest BCUT2D eigenvalue weighted by atomic mass is 10.00. The molecule has 1 aliphatic carbocycles. The summed E-state index contributed by atoms with van der Waals surface area (Å²) in [6.07, 6.45) is 0.949. The lowest BCUT2D eigenvalue weighted by Crippen LogP contribution is -2.21. The zero-order chi connectivity index (χ0) is 10.2. The molecule has 4 N–H and O–H groups in total. The van der Waals surface area contributed by atoms with E-state index in [4.69, 9.17) is 10.8 Å². The Morgan fingerprint density at radius 3 is 2.43 bits per heavy atom. The van der Waals surface area contributed by atoms with Gasteiger partial charge in [0.2, 0.25) is 0 Å².